The second-order valence-corrected chi connectivity index (χ2v) is 8.29. The summed E-state index contributed by atoms with van der Waals surface area (Å²) in [5, 5.41) is 2.63. The number of amides is 2. The standard InChI is InChI=1S/C19H18ClF2N5O4S/c1-4-5-31-18(30)13-9(3)14(15(23)28)32-17(13)25-16(29)10-7-12-24-8(2)6-11(19(20,21)22)27(12)26-10/h6-7H,4-5H2,1-3H3,(H2,23,28)(H,25,29). The first-order valence-electron chi connectivity index (χ1n) is 9.30. The number of rotatable bonds is 7. The third kappa shape index (κ3) is 4.55. The third-order valence-electron chi connectivity index (χ3n) is 4.32. The van der Waals surface area contributed by atoms with E-state index in [2.05, 4.69) is 15.4 Å². The molecule has 0 radical (unpaired) electrons. The number of alkyl halides is 3. The summed E-state index contributed by atoms with van der Waals surface area (Å²) >= 11 is 5.96. The van der Waals surface area contributed by atoms with Crippen LogP contribution in [0.15, 0.2) is 12.1 Å². The van der Waals surface area contributed by atoms with Crippen LogP contribution in [0.3, 0.4) is 0 Å². The van der Waals surface area contributed by atoms with Crippen LogP contribution < -0.4 is 11.1 Å². The first-order valence-corrected chi connectivity index (χ1v) is 10.5. The highest BCUT2D eigenvalue weighted by Gasteiger charge is 2.33. The van der Waals surface area contributed by atoms with Gasteiger partial charge in [-0.15, -0.1) is 11.3 Å². The maximum Gasteiger partial charge on any atom is 0.364 e. The van der Waals surface area contributed by atoms with Gasteiger partial charge < -0.3 is 15.8 Å². The van der Waals surface area contributed by atoms with Crippen LogP contribution in [-0.4, -0.2) is 39.0 Å². The van der Waals surface area contributed by atoms with Gasteiger partial charge in [-0.3, -0.25) is 9.59 Å². The van der Waals surface area contributed by atoms with E-state index in [1.807, 2.05) is 6.92 Å². The van der Waals surface area contributed by atoms with Crippen LogP contribution in [0.4, 0.5) is 13.8 Å². The molecule has 0 aliphatic carbocycles. The molecule has 3 N–H and O–H groups in total. The molecule has 2 amide bonds. The number of hydrogen-bond acceptors (Lipinski definition) is 7. The highest BCUT2D eigenvalue weighted by atomic mass is 35.5. The molecule has 170 valence electrons. The topological polar surface area (TPSA) is 129 Å². The predicted octanol–water partition coefficient (Wildman–Crippen LogP) is 3.61. The van der Waals surface area contributed by atoms with Crippen molar-refractivity contribution in [3.05, 3.63) is 45.2 Å². The minimum Gasteiger partial charge on any atom is -0.462 e. The van der Waals surface area contributed by atoms with Gasteiger partial charge in [-0.05, 0) is 43.5 Å². The Balaban J connectivity index is 2.02. The number of nitrogens with two attached hydrogens (primary N) is 1. The third-order valence-corrected chi connectivity index (χ3v) is 5.73. The molecule has 9 nitrogen and oxygen atoms in total. The van der Waals surface area contributed by atoms with Crippen LogP contribution in [0.25, 0.3) is 5.65 Å². The molecule has 3 aromatic rings. The van der Waals surface area contributed by atoms with Gasteiger partial charge in [-0.1, -0.05) is 6.92 Å². The fourth-order valence-corrected chi connectivity index (χ4v) is 4.11. The summed E-state index contributed by atoms with van der Waals surface area (Å²) in [6, 6.07) is 2.25. The van der Waals surface area contributed by atoms with Gasteiger partial charge >= 0.3 is 11.4 Å². The summed E-state index contributed by atoms with van der Waals surface area (Å²) in [7, 11) is 0. The Bertz CT molecular complexity index is 1230. The summed E-state index contributed by atoms with van der Waals surface area (Å²) in [6.07, 6.45) is 0.570. The number of aryl methyl sites for hydroxylation is 1. The highest BCUT2D eigenvalue weighted by Crippen LogP contribution is 2.35. The number of carbonyl (C=O) groups excluding carboxylic acids is 3. The molecule has 3 heterocycles. The maximum absolute atomic E-state index is 13.8. The van der Waals surface area contributed by atoms with E-state index in [0.29, 0.717) is 6.42 Å². The summed E-state index contributed by atoms with van der Waals surface area (Å²) in [6.45, 7) is 4.94. The Morgan fingerprint density at radius 2 is 2.00 bits per heavy atom. The van der Waals surface area contributed by atoms with Gasteiger partial charge in [0.2, 0.25) is 0 Å². The average molecular weight is 486 g/mol. The van der Waals surface area contributed by atoms with E-state index in [9.17, 15) is 23.2 Å². The molecule has 0 aliphatic heterocycles. The zero-order valence-electron chi connectivity index (χ0n) is 17.2. The molecule has 0 unspecified atom stereocenters. The van der Waals surface area contributed by atoms with Crippen molar-refractivity contribution in [3.63, 3.8) is 0 Å². The van der Waals surface area contributed by atoms with E-state index >= 15 is 0 Å². The molecule has 0 saturated heterocycles. The van der Waals surface area contributed by atoms with Gasteiger partial charge in [-0.2, -0.15) is 13.9 Å². The number of ether oxygens (including phenoxy) is 1. The minimum atomic E-state index is -3.75. The van der Waals surface area contributed by atoms with Crippen molar-refractivity contribution in [1.29, 1.82) is 0 Å². The molecule has 0 atom stereocenters. The molecule has 3 aromatic heterocycles. The van der Waals surface area contributed by atoms with Crippen molar-refractivity contribution in [1.82, 2.24) is 14.6 Å². The number of esters is 1. The SMILES string of the molecule is CCCOC(=O)c1c(NC(=O)c2cc3nc(C)cc(C(F)(F)Cl)n3n2)sc(C(N)=O)c1C. The molecule has 0 fully saturated rings. The van der Waals surface area contributed by atoms with Crippen LogP contribution in [0.1, 0.15) is 60.8 Å². The predicted molar refractivity (Wildman–Crippen MR) is 114 cm³/mol. The van der Waals surface area contributed by atoms with E-state index in [-0.39, 0.29) is 44.6 Å². The van der Waals surface area contributed by atoms with E-state index in [4.69, 9.17) is 22.1 Å². The Labute approximate surface area is 189 Å². The maximum atomic E-state index is 13.8. The van der Waals surface area contributed by atoms with Gasteiger partial charge in [-0.25, -0.2) is 14.3 Å². The summed E-state index contributed by atoms with van der Waals surface area (Å²) in [4.78, 5) is 41.2. The number of fused-ring (bicyclic) bond motifs is 1. The van der Waals surface area contributed by atoms with E-state index in [0.717, 1.165) is 21.9 Å². The molecule has 0 bridgehead atoms. The molecule has 0 saturated carbocycles. The smallest absolute Gasteiger partial charge is 0.364 e. The summed E-state index contributed by atoms with van der Waals surface area (Å²) in [5.74, 6) is -2.34. The Morgan fingerprint density at radius 3 is 2.59 bits per heavy atom. The molecule has 0 aliphatic rings. The van der Waals surface area contributed by atoms with Crippen molar-refractivity contribution in [2.45, 2.75) is 32.6 Å². The highest BCUT2D eigenvalue weighted by molar-refractivity contribution is 7.18. The number of aromatic nitrogens is 3. The van der Waals surface area contributed by atoms with Gasteiger partial charge in [0.25, 0.3) is 11.8 Å². The molecule has 0 spiro atoms. The molecule has 32 heavy (non-hydrogen) atoms. The summed E-state index contributed by atoms with van der Waals surface area (Å²) < 4.78 is 33.4. The number of nitrogens with one attached hydrogen (secondary N) is 1. The molecule has 13 heteroatoms. The largest absolute Gasteiger partial charge is 0.462 e. The van der Waals surface area contributed by atoms with Gasteiger partial charge in [0.1, 0.15) is 10.7 Å². The average Bonchev–Trinajstić information content (AvgIpc) is 3.25. The van der Waals surface area contributed by atoms with E-state index in [1.54, 1.807) is 0 Å². The molecule has 0 aromatic carbocycles. The Hall–Kier alpha value is -3.12. The number of anilines is 1. The minimum absolute atomic E-state index is 0.0173. The Morgan fingerprint density at radius 1 is 1.31 bits per heavy atom. The lowest BCUT2D eigenvalue weighted by atomic mass is 10.1. The van der Waals surface area contributed by atoms with Crippen molar-refractivity contribution in [2.24, 2.45) is 5.73 Å². The second kappa shape index (κ2) is 8.79. The van der Waals surface area contributed by atoms with Crippen molar-refractivity contribution < 1.29 is 27.9 Å². The lowest BCUT2D eigenvalue weighted by molar-refractivity contribution is 0.0506. The van der Waals surface area contributed by atoms with Gasteiger partial charge in [0.05, 0.1) is 17.0 Å². The van der Waals surface area contributed by atoms with Crippen molar-refractivity contribution in [2.75, 3.05) is 11.9 Å². The Kier molecular flexibility index (Phi) is 6.46. The van der Waals surface area contributed by atoms with Gasteiger partial charge in [0.15, 0.2) is 11.3 Å². The van der Waals surface area contributed by atoms with Gasteiger partial charge in [0, 0.05) is 11.8 Å². The number of primary amides is 1. The number of carbonyl (C=O) groups is 3. The zero-order valence-corrected chi connectivity index (χ0v) is 18.7. The van der Waals surface area contributed by atoms with E-state index < -0.39 is 28.9 Å². The van der Waals surface area contributed by atoms with Crippen molar-refractivity contribution in [3.8, 4) is 0 Å². The first-order chi connectivity index (χ1) is 14.9. The zero-order chi connectivity index (χ0) is 23.8. The number of hydrogen-bond donors (Lipinski definition) is 2. The van der Waals surface area contributed by atoms with Crippen LogP contribution in [0, 0.1) is 13.8 Å². The normalized spacial score (nSPS) is 11.6. The second-order valence-electron chi connectivity index (χ2n) is 6.79. The first kappa shape index (κ1) is 23.5. The van der Waals surface area contributed by atoms with Crippen LogP contribution in [-0.2, 0) is 10.1 Å². The van der Waals surface area contributed by atoms with Crippen LogP contribution in [0.5, 0.6) is 0 Å². The molecular weight excluding hydrogens is 468 g/mol. The molecular formula is C19H18ClF2N5O4S. The van der Waals surface area contributed by atoms with Crippen LogP contribution in [0.2, 0.25) is 0 Å². The fraction of sp³-hybridized carbons (Fsp3) is 0.316. The fourth-order valence-electron chi connectivity index (χ4n) is 2.93. The van der Waals surface area contributed by atoms with E-state index in [1.165, 1.54) is 19.9 Å². The lowest BCUT2D eigenvalue weighted by Gasteiger charge is -2.10. The quantitative estimate of drug-likeness (QED) is 0.388. The number of nitrogens with zero attached hydrogens (tertiary/aromatic N) is 3. The lowest BCUT2D eigenvalue weighted by Crippen LogP contribution is -2.17. The number of halogens is 3. The number of thiophene rings is 1. The monoisotopic (exact) mass is 485 g/mol. The van der Waals surface area contributed by atoms with Crippen LogP contribution >= 0.6 is 22.9 Å². The summed E-state index contributed by atoms with van der Waals surface area (Å²) in [5.41, 5.74) is 4.91. The van der Waals surface area contributed by atoms with Crippen molar-refractivity contribution >= 4 is 51.4 Å². The molecule has 3 rings (SSSR count).